The van der Waals surface area contributed by atoms with Crippen molar-refractivity contribution in [1.82, 2.24) is 19.1 Å². The van der Waals surface area contributed by atoms with Crippen molar-refractivity contribution >= 4 is 54.6 Å². The van der Waals surface area contributed by atoms with Crippen LogP contribution in [-0.4, -0.2) is 19.1 Å². The number of benzene rings is 4. The molecule has 0 N–H and O–H groups in total. The van der Waals surface area contributed by atoms with Gasteiger partial charge in [-0.25, -0.2) is 0 Å². The zero-order valence-corrected chi connectivity index (χ0v) is 19.3. The molecule has 0 saturated carbocycles. The summed E-state index contributed by atoms with van der Waals surface area (Å²) in [6.45, 7) is 0. The highest BCUT2D eigenvalue weighted by Gasteiger charge is 2.22. The summed E-state index contributed by atoms with van der Waals surface area (Å²) in [4.78, 5) is 9.82. The molecule has 0 saturated heterocycles. The molecule has 4 heterocycles. The average Bonchev–Trinajstić information content (AvgIpc) is 3.46. The molecule has 0 aliphatic carbocycles. The lowest BCUT2D eigenvalue weighted by molar-refractivity contribution is 1.15. The Morgan fingerprint density at radius 1 is 0.472 bits per heavy atom. The van der Waals surface area contributed by atoms with Crippen LogP contribution in [0.3, 0.4) is 0 Å². The second-order valence-corrected chi connectivity index (χ2v) is 9.14. The Balaban J connectivity index is 1.64. The number of hydrogen-bond donors (Lipinski definition) is 0. The fourth-order valence-electron chi connectivity index (χ4n) is 5.62. The van der Waals surface area contributed by atoms with Gasteiger partial charge in [0.05, 0.1) is 33.1 Å². The predicted molar refractivity (Wildman–Crippen MR) is 148 cm³/mol. The number of para-hydroxylation sites is 2. The lowest BCUT2D eigenvalue weighted by Gasteiger charge is -2.12. The number of nitrogens with zero attached hydrogens (tertiary/aromatic N) is 4. The third-order valence-corrected chi connectivity index (χ3v) is 7.16. The molecular formula is C32H20N4. The van der Waals surface area contributed by atoms with Gasteiger partial charge in [-0.1, -0.05) is 66.7 Å². The number of hydrogen-bond acceptors (Lipinski definition) is 2. The van der Waals surface area contributed by atoms with Crippen LogP contribution >= 0.6 is 0 Å². The lowest BCUT2D eigenvalue weighted by Crippen LogP contribution is -1.99. The minimum atomic E-state index is 0.959. The van der Waals surface area contributed by atoms with Crippen molar-refractivity contribution < 1.29 is 0 Å². The molecule has 0 fully saturated rings. The number of fused-ring (bicyclic) bond motifs is 8. The maximum atomic E-state index is 5.03. The molecule has 0 radical (unpaired) electrons. The van der Waals surface area contributed by atoms with Gasteiger partial charge in [0.2, 0.25) is 0 Å². The number of pyridine rings is 2. The average molecular weight is 461 g/mol. The van der Waals surface area contributed by atoms with Crippen LogP contribution in [0.25, 0.3) is 66.0 Å². The van der Waals surface area contributed by atoms with Gasteiger partial charge in [0, 0.05) is 34.5 Å². The first-order valence-corrected chi connectivity index (χ1v) is 12.1. The summed E-state index contributed by atoms with van der Waals surface area (Å²) in [5, 5.41) is 4.63. The van der Waals surface area contributed by atoms with E-state index in [4.69, 9.17) is 9.97 Å². The van der Waals surface area contributed by atoms with Crippen LogP contribution in [0.1, 0.15) is 0 Å². The second-order valence-electron chi connectivity index (χ2n) is 9.14. The van der Waals surface area contributed by atoms with Crippen LogP contribution in [0.4, 0.5) is 0 Å². The minimum absolute atomic E-state index is 0.959. The Labute approximate surface area is 206 Å². The standard InChI is InChI=1S/C32H20N4/c1-2-11-23(12-3-1)35-28-15-8-18-33-29(28)26-20-34-30-25-13-6-7-14-27(25)36(32(30)31(26)35)24-17-16-21-9-4-5-10-22(21)19-24/h1-20H. The van der Waals surface area contributed by atoms with E-state index in [2.05, 4.69) is 112 Å². The molecule has 8 rings (SSSR count). The molecule has 0 unspecified atom stereocenters. The quantitative estimate of drug-likeness (QED) is 0.264. The van der Waals surface area contributed by atoms with Crippen molar-refractivity contribution in [2.24, 2.45) is 0 Å². The maximum absolute atomic E-state index is 5.03. The first-order chi connectivity index (χ1) is 17.9. The predicted octanol–water partition coefficient (Wildman–Crippen LogP) is 7.82. The van der Waals surface area contributed by atoms with E-state index in [1.54, 1.807) is 0 Å². The van der Waals surface area contributed by atoms with E-state index in [0.717, 1.165) is 55.2 Å². The summed E-state index contributed by atoms with van der Waals surface area (Å²) in [6, 6.07) is 38.4. The highest BCUT2D eigenvalue weighted by Crippen LogP contribution is 2.40. The molecule has 4 aromatic carbocycles. The summed E-state index contributed by atoms with van der Waals surface area (Å²) in [6.07, 6.45) is 3.85. The van der Waals surface area contributed by atoms with Gasteiger partial charge >= 0.3 is 0 Å². The molecular weight excluding hydrogens is 440 g/mol. The molecule has 0 amide bonds. The van der Waals surface area contributed by atoms with Crippen LogP contribution in [0.5, 0.6) is 0 Å². The Morgan fingerprint density at radius 3 is 2.14 bits per heavy atom. The van der Waals surface area contributed by atoms with Crippen molar-refractivity contribution in [3.8, 4) is 11.4 Å². The highest BCUT2D eigenvalue weighted by atomic mass is 15.1. The van der Waals surface area contributed by atoms with Crippen molar-refractivity contribution in [3.05, 3.63) is 122 Å². The Hall–Kier alpha value is -4.96. The molecule has 0 bridgehead atoms. The number of rotatable bonds is 2. The normalized spacial score (nSPS) is 11.9. The van der Waals surface area contributed by atoms with Crippen LogP contribution < -0.4 is 0 Å². The molecule has 36 heavy (non-hydrogen) atoms. The molecule has 168 valence electrons. The van der Waals surface area contributed by atoms with Gasteiger partial charge in [-0.3, -0.25) is 9.97 Å². The fourth-order valence-corrected chi connectivity index (χ4v) is 5.62. The Morgan fingerprint density at radius 2 is 1.22 bits per heavy atom. The molecule has 0 aliphatic rings. The SMILES string of the molecule is c1ccc(-n2c3cccnc3c3cnc4c5ccccc5n(-c5ccc6ccccc6c5)c4c32)cc1. The smallest absolute Gasteiger partial charge is 0.0985 e. The fraction of sp³-hybridized carbons (Fsp3) is 0. The third kappa shape index (κ3) is 2.58. The van der Waals surface area contributed by atoms with Crippen LogP contribution in [0.15, 0.2) is 122 Å². The van der Waals surface area contributed by atoms with Crippen molar-refractivity contribution in [2.75, 3.05) is 0 Å². The van der Waals surface area contributed by atoms with E-state index in [1.807, 2.05) is 18.5 Å². The van der Waals surface area contributed by atoms with Gasteiger partial charge in [0.15, 0.2) is 0 Å². The van der Waals surface area contributed by atoms with Crippen molar-refractivity contribution in [2.45, 2.75) is 0 Å². The molecule has 4 nitrogen and oxygen atoms in total. The molecule has 0 atom stereocenters. The van der Waals surface area contributed by atoms with Crippen molar-refractivity contribution in [1.29, 1.82) is 0 Å². The zero-order chi connectivity index (χ0) is 23.6. The maximum Gasteiger partial charge on any atom is 0.0985 e. The van der Waals surface area contributed by atoms with Crippen LogP contribution in [0.2, 0.25) is 0 Å². The second kappa shape index (κ2) is 7.27. The highest BCUT2D eigenvalue weighted by molar-refractivity contribution is 6.21. The van der Waals surface area contributed by atoms with E-state index >= 15 is 0 Å². The summed E-state index contributed by atoms with van der Waals surface area (Å²) in [5.41, 5.74) is 8.59. The van der Waals surface area contributed by atoms with Gasteiger partial charge < -0.3 is 9.13 Å². The minimum Gasteiger partial charge on any atom is -0.306 e. The van der Waals surface area contributed by atoms with Gasteiger partial charge in [-0.15, -0.1) is 0 Å². The lowest BCUT2D eigenvalue weighted by atomic mass is 10.1. The van der Waals surface area contributed by atoms with E-state index in [-0.39, 0.29) is 0 Å². The molecule has 0 aliphatic heterocycles. The number of aromatic nitrogens is 4. The summed E-state index contributed by atoms with van der Waals surface area (Å²) in [7, 11) is 0. The van der Waals surface area contributed by atoms with Gasteiger partial charge in [-0.2, -0.15) is 0 Å². The summed E-state index contributed by atoms with van der Waals surface area (Å²) in [5.74, 6) is 0. The van der Waals surface area contributed by atoms with E-state index in [9.17, 15) is 0 Å². The molecule has 8 aromatic rings. The molecule has 4 aromatic heterocycles. The van der Waals surface area contributed by atoms with Gasteiger partial charge in [0.25, 0.3) is 0 Å². The van der Waals surface area contributed by atoms with Gasteiger partial charge in [-0.05, 0) is 53.2 Å². The monoisotopic (exact) mass is 460 g/mol. The third-order valence-electron chi connectivity index (χ3n) is 7.16. The topological polar surface area (TPSA) is 35.6 Å². The summed E-state index contributed by atoms with van der Waals surface area (Å²) < 4.78 is 4.70. The zero-order valence-electron chi connectivity index (χ0n) is 19.3. The van der Waals surface area contributed by atoms with Crippen LogP contribution in [-0.2, 0) is 0 Å². The molecule has 0 spiro atoms. The van der Waals surface area contributed by atoms with Crippen LogP contribution in [0, 0.1) is 0 Å². The van der Waals surface area contributed by atoms with Crippen molar-refractivity contribution in [3.63, 3.8) is 0 Å². The first kappa shape index (κ1) is 19.4. The Kier molecular flexibility index (Phi) is 3.91. The van der Waals surface area contributed by atoms with Gasteiger partial charge in [0.1, 0.15) is 0 Å². The van der Waals surface area contributed by atoms with E-state index in [1.165, 1.54) is 10.8 Å². The van der Waals surface area contributed by atoms with E-state index < -0.39 is 0 Å². The Bertz CT molecular complexity index is 2100. The first-order valence-electron chi connectivity index (χ1n) is 12.1. The largest absolute Gasteiger partial charge is 0.306 e. The van der Waals surface area contributed by atoms with E-state index in [0.29, 0.717) is 0 Å². The summed E-state index contributed by atoms with van der Waals surface area (Å²) >= 11 is 0. The molecule has 4 heteroatoms.